The molecule has 0 fully saturated rings. The summed E-state index contributed by atoms with van der Waals surface area (Å²) < 4.78 is 7.53. The lowest BCUT2D eigenvalue weighted by atomic mass is 9.97. The Morgan fingerprint density at radius 2 is 1.88 bits per heavy atom. The molecule has 24 heavy (non-hydrogen) atoms. The summed E-state index contributed by atoms with van der Waals surface area (Å²) in [5, 5.41) is 2.99. The predicted molar refractivity (Wildman–Crippen MR) is 106 cm³/mol. The molecular weight excluding hydrogens is 434 g/mol. The zero-order chi connectivity index (χ0) is 17.7. The topological polar surface area (TPSA) is 38.3 Å². The Morgan fingerprint density at radius 3 is 2.54 bits per heavy atom. The van der Waals surface area contributed by atoms with Gasteiger partial charge >= 0.3 is 0 Å². The number of halogens is 2. The van der Waals surface area contributed by atoms with Crippen molar-refractivity contribution in [1.82, 2.24) is 0 Å². The number of amides is 1. The number of rotatable bonds is 6. The lowest BCUT2D eigenvalue weighted by Gasteiger charge is -2.19. The van der Waals surface area contributed by atoms with Crippen molar-refractivity contribution in [3.05, 3.63) is 57.0 Å². The molecule has 128 valence electrons. The molecule has 2 aromatic rings. The maximum absolute atomic E-state index is 12.5. The van der Waals surface area contributed by atoms with Crippen LogP contribution in [0.3, 0.4) is 0 Å². The first kappa shape index (κ1) is 19.0. The van der Waals surface area contributed by atoms with Gasteiger partial charge in [0.25, 0.3) is 5.91 Å². The van der Waals surface area contributed by atoms with E-state index >= 15 is 0 Å². The number of para-hydroxylation sites is 1. The number of anilines is 1. The van der Waals surface area contributed by atoms with Crippen LogP contribution >= 0.6 is 31.9 Å². The van der Waals surface area contributed by atoms with E-state index in [0.29, 0.717) is 11.7 Å². The number of hydrogen-bond donors (Lipinski definition) is 1. The van der Waals surface area contributed by atoms with Crippen LogP contribution in [0, 0.1) is 0 Å². The summed E-state index contributed by atoms with van der Waals surface area (Å²) in [6.45, 7) is 6.04. The molecule has 2 rings (SSSR count). The Bertz CT molecular complexity index is 718. The third-order valence-electron chi connectivity index (χ3n) is 3.93. The van der Waals surface area contributed by atoms with Gasteiger partial charge in [-0.1, -0.05) is 48.0 Å². The van der Waals surface area contributed by atoms with Crippen molar-refractivity contribution in [2.45, 2.75) is 39.2 Å². The van der Waals surface area contributed by atoms with Crippen molar-refractivity contribution in [2.75, 3.05) is 5.32 Å². The minimum atomic E-state index is -0.604. The third kappa shape index (κ3) is 4.84. The number of hydrogen-bond acceptors (Lipinski definition) is 2. The summed E-state index contributed by atoms with van der Waals surface area (Å²) in [6.07, 6.45) is 0.414. The molecule has 0 unspecified atom stereocenters. The zero-order valence-corrected chi connectivity index (χ0v) is 17.1. The Hall–Kier alpha value is -1.33. The van der Waals surface area contributed by atoms with Gasteiger partial charge in [0, 0.05) is 10.2 Å². The standard InChI is InChI=1S/C19H21Br2NO2/c1-4-12(2)15-7-5-6-8-17(15)22-19(23)13(3)24-18-10-9-14(20)11-16(18)21/h5-13H,4H2,1-3H3,(H,22,23)/t12-,13-/m1/s1. The molecule has 0 aliphatic heterocycles. The van der Waals surface area contributed by atoms with Gasteiger partial charge in [0.2, 0.25) is 0 Å². The van der Waals surface area contributed by atoms with Crippen molar-refractivity contribution in [3.8, 4) is 5.75 Å². The van der Waals surface area contributed by atoms with Crippen LogP contribution in [0.1, 0.15) is 38.7 Å². The van der Waals surface area contributed by atoms with Crippen LogP contribution in [0.5, 0.6) is 5.75 Å². The Kier molecular flexibility index (Phi) is 6.87. The van der Waals surface area contributed by atoms with Gasteiger partial charge in [0.1, 0.15) is 5.75 Å². The molecule has 0 spiro atoms. The van der Waals surface area contributed by atoms with E-state index in [1.807, 2.05) is 36.4 Å². The predicted octanol–water partition coefficient (Wildman–Crippen LogP) is 6.13. The van der Waals surface area contributed by atoms with Crippen LogP contribution in [0.15, 0.2) is 51.4 Å². The largest absolute Gasteiger partial charge is 0.480 e. The van der Waals surface area contributed by atoms with E-state index in [1.165, 1.54) is 0 Å². The van der Waals surface area contributed by atoms with E-state index in [0.717, 1.165) is 26.6 Å². The molecule has 0 saturated carbocycles. The summed E-state index contributed by atoms with van der Waals surface area (Å²) in [6, 6.07) is 13.5. The summed E-state index contributed by atoms with van der Waals surface area (Å²) in [4.78, 5) is 12.5. The summed E-state index contributed by atoms with van der Waals surface area (Å²) in [5.74, 6) is 0.856. The van der Waals surface area contributed by atoms with Gasteiger partial charge in [-0.05, 0) is 65.0 Å². The van der Waals surface area contributed by atoms with Gasteiger partial charge in [-0.25, -0.2) is 0 Å². The monoisotopic (exact) mass is 453 g/mol. The van der Waals surface area contributed by atoms with Crippen LogP contribution in [0.25, 0.3) is 0 Å². The average molecular weight is 455 g/mol. The molecule has 0 radical (unpaired) electrons. The molecule has 0 bridgehead atoms. The van der Waals surface area contributed by atoms with E-state index in [9.17, 15) is 4.79 Å². The Morgan fingerprint density at radius 1 is 1.17 bits per heavy atom. The number of benzene rings is 2. The first-order valence-electron chi connectivity index (χ1n) is 7.93. The van der Waals surface area contributed by atoms with Crippen molar-refractivity contribution < 1.29 is 9.53 Å². The fraction of sp³-hybridized carbons (Fsp3) is 0.316. The smallest absolute Gasteiger partial charge is 0.265 e. The molecule has 1 N–H and O–H groups in total. The second-order valence-corrected chi connectivity index (χ2v) is 7.49. The number of carbonyl (C=O) groups excluding carboxylic acids is 1. The van der Waals surface area contributed by atoms with Crippen molar-refractivity contribution in [1.29, 1.82) is 0 Å². The lowest BCUT2D eigenvalue weighted by molar-refractivity contribution is -0.122. The van der Waals surface area contributed by atoms with Gasteiger partial charge in [0.15, 0.2) is 6.10 Å². The highest BCUT2D eigenvalue weighted by atomic mass is 79.9. The maximum Gasteiger partial charge on any atom is 0.265 e. The zero-order valence-electron chi connectivity index (χ0n) is 14.0. The fourth-order valence-corrected chi connectivity index (χ4v) is 3.45. The quantitative estimate of drug-likeness (QED) is 0.569. The number of ether oxygens (including phenoxy) is 1. The lowest BCUT2D eigenvalue weighted by Crippen LogP contribution is -2.30. The molecule has 0 aromatic heterocycles. The Balaban J connectivity index is 2.09. The first-order chi connectivity index (χ1) is 11.4. The van der Waals surface area contributed by atoms with Crippen LogP contribution in [0.4, 0.5) is 5.69 Å². The second-order valence-electron chi connectivity index (χ2n) is 5.72. The van der Waals surface area contributed by atoms with Gasteiger partial charge in [-0.2, -0.15) is 0 Å². The highest BCUT2D eigenvalue weighted by molar-refractivity contribution is 9.11. The summed E-state index contributed by atoms with van der Waals surface area (Å²) in [7, 11) is 0. The van der Waals surface area contributed by atoms with Crippen molar-refractivity contribution in [3.63, 3.8) is 0 Å². The van der Waals surface area contributed by atoms with E-state index in [4.69, 9.17) is 4.74 Å². The normalized spacial score (nSPS) is 13.2. The molecule has 0 aliphatic carbocycles. The third-order valence-corrected chi connectivity index (χ3v) is 5.04. The molecule has 2 aromatic carbocycles. The molecule has 2 atom stereocenters. The molecule has 0 saturated heterocycles. The van der Waals surface area contributed by atoms with Crippen LogP contribution < -0.4 is 10.1 Å². The fourth-order valence-electron chi connectivity index (χ4n) is 2.31. The summed E-state index contributed by atoms with van der Waals surface area (Å²) in [5.41, 5.74) is 1.99. The van der Waals surface area contributed by atoms with E-state index in [1.54, 1.807) is 6.92 Å². The molecule has 0 aliphatic rings. The van der Waals surface area contributed by atoms with E-state index < -0.39 is 6.10 Å². The van der Waals surface area contributed by atoms with Gasteiger partial charge < -0.3 is 10.1 Å². The number of carbonyl (C=O) groups is 1. The molecular formula is C19H21Br2NO2. The second kappa shape index (κ2) is 8.67. The number of nitrogens with one attached hydrogen (secondary N) is 1. The first-order valence-corrected chi connectivity index (χ1v) is 9.52. The van der Waals surface area contributed by atoms with Crippen molar-refractivity contribution >= 4 is 43.5 Å². The molecule has 1 amide bonds. The Labute approximate surface area is 160 Å². The minimum Gasteiger partial charge on any atom is -0.480 e. The maximum atomic E-state index is 12.5. The van der Waals surface area contributed by atoms with Crippen LogP contribution in [-0.4, -0.2) is 12.0 Å². The van der Waals surface area contributed by atoms with Crippen molar-refractivity contribution in [2.24, 2.45) is 0 Å². The molecule has 5 heteroatoms. The van der Waals surface area contributed by atoms with Gasteiger partial charge in [-0.15, -0.1) is 0 Å². The van der Waals surface area contributed by atoms with Gasteiger partial charge in [-0.3, -0.25) is 4.79 Å². The van der Waals surface area contributed by atoms with Crippen LogP contribution in [0.2, 0.25) is 0 Å². The minimum absolute atomic E-state index is 0.166. The highest BCUT2D eigenvalue weighted by Gasteiger charge is 2.18. The SMILES string of the molecule is CC[C@@H](C)c1ccccc1NC(=O)[C@@H](C)Oc1ccc(Br)cc1Br. The highest BCUT2D eigenvalue weighted by Crippen LogP contribution is 2.30. The van der Waals surface area contributed by atoms with E-state index in [2.05, 4.69) is 57.1 Å². The van der Waals surface area contributed by atoms with Crippen LogP contribution in [-0.2, 0) is 4.79 Å². The van der Waals surface area contributed by atoms with E-state index in [-0.39, 0.29) is 5.91 Å². The molecule has 3 nitrogen and oxygen atoms in total. The van der Waals surface area contributed by atoms with Gasteiger partial charge in [0.05, 0.1) is 4.47 Å². The molecule has 0 heterocycles. The average Bonchev–Trinajstić information content (AvgIpc) is 2.57. The summed E-state index contributed by atoms with van der Waals surface area (Å²) >= 11 is 6.84.